The fourth-order valence-electron chi connectivity index (χ4n) is 3.02. The van der Waals surface area contributed by atoms with Gasteiger partial charge < -0.3 is 15.4 Å². The number of fused-ring (bicyclic) bond motifs is 1. The highest BCUT2D eigenvalue weighted by molar-refractivity contribution is 6.07. The molecule has 2 amide bonds. The molecule has 0 bridgehead atoms. The monoisotopic (exact) mass is 377 g/mol. The van der Waals surface area contributed by atoms with Gasteiger partial charge in [-0.15, -0.1) is 0 Å². The number of hydrogen-bond acceptors (Lipinski definition) is 4. The first kappa shape index (κ1) is 19.5. The number of methoxy groups -OCH3 is 1. The molecule has 0 saturated heterocycles. The van der Waals surface area contributed by atoms with Crippen LogP contribution >= 0.6 is 0 Å². The van der Waals surface area contributed by atoms with Crippen molar-refractivity contribution in [2.24, 2.45) is 0 Å². The van der Waals surface area contributed by atoms with Gasteiger partial charge in [0, 0.05) is 23.9 Å². The van der Waals surface area contributed by atoms with Crippen molar-refractivity contribution in [1.82, 2.24) is 4.98 Å². The van der Waals surface area contributed by atoms with Crippen molar-refractivity contribution in [3.63, 3.8) is 0 Å². The lowest BCUT2D eigenvalue weighted by molar-refractivity contribution is -0.119. The minimum Gasteiger partial charge on any atom is -0.375 e. The lowest BCUT2D eigenvalue weighted by Gasteiger charge is -2.12. The second-order valence-corrected chi connectivity index (χ2v) is 6.78. The van der Waals surface area contributed by atoms with Crippen molar-refractivity contribution in [2.45, 2.75) is 20.8 Å². The number of hydrogen-bond donors (Lipinski definition) is 2. The Balaban J connectivity index is 1.81. The molecule has 6 nitrogen and oxygen atoms in total. The van der Waals surface area contributed by atoms with Gasteiger partial charge in [0.25, 0.3) is 5.91 Å². The zero-order valence-electron chi connectivity index (χ0n) is 16.4. The van der Waals surface area contributed by atoms with Crippen LogP contribution in [0.2, 0.25) is 0 Å². The molecule has 0 aliphatic heterocycles. The number of ether oxygens (including phenoxy) is 1. The number of carbonyl (C=O) groups excluding carboxylic acids is 2. The predicted molar refractivity (Wildman–Crippen MR) is 111 cm³/mol. The van der Waals surface area contributed by atoms with Gasteiger partial charge in [0.05, 0.1) is 16.8 Å². The molecule has 28 heavy (non-hydrogen) atoms. The molecule has 2 aromatic carbocycles. The van der Waals surface area contributed by atoms with E-state index in [2.05, 4.69) is 15.6 Å². The summed E-state index contributed by atoms with van der Waals surface area (Å²) >= 11 is 0. The minimum absolute atomic E-state index is 0.00829. The van der Waals surface area contributed by atoms with Crippen molar-refractivity contribution in [1.29, 1.82) is 0 Å². The highest BCUT2D eigenvalue weighted by Gasteiger charge is 2.13. The number of pyridine rings is 1. The Hall–Kier alpha value is -3.25. The first-order valence-corrected chi connectivity index (χ1v) is 8.96. The molecule has 0 saturated carbocycles. The van der Waals surface area contributed by atoms with Crippen LogP contribution in [0.5, 0.6) is 0 Å². The van der Waals surface area contributed by atoms with Gasteiger partial charge in [-0.1, -0.05) is 11.6 Å². The van der Waals surface area contributed by atoms with Gasteiger partial charge in [0.15, 0.2) is 0 Å². The molecule has 1 heterocycles. The van der Waals surface area contributed by atoms with Gasteiger partial charge in [-0.25, -0.2) is 0 Å². The third kappa shape index (κ3) is 4.35. The maximum absolute atomic E-state index is 12.8. The number of nitrogens with zero attached hydrogens (tertiary/aromatic N) is 1. The molecular weight excluding hydrogens is 354 g/mol. The zero-order chi connectivity index (χ0) is 20.3. The van der Waals surface area contributed by atoms with Crippen LogP contribution in [0, 0.1) is 20.8 Å². The Morgan fingerprint density at radius 1 is 1.00 bits per heavy atom. The molecule has 0 atom stereocenters. The highest BCUT2D eigenvalue weighted by atomic mass is 16.5. The van der Waals surface area contributed by atoms with E-state index >= 15 is 0 Å². The zero-order valence-corrected chi connectivity index (χ0v) is 16.4. The molecule has 0 unspecified atom stereocenters. The average Bonchev–Trinajstić information content (AvgIpc) is 2.64. The summed E-state index contributed by atoms with van der Waals surface area (Å²) in [7, 11) is 1.47. The van der Waals surface area contributed by atoms with Crippen molar-refractivity contribution >= 4 is 34.1 Å². The molecule has 1 aromatic heterocycles. The van der Waals surface area contributed by atoms with E-state index in [9.17, 15) is 9.59 Å². The van der Waals surface area contributed by atoms with Crippen LogP contribution in [0.1, 0.15) is 27.2 Å². The van der Waals surface area contributed by atoms with E-state index in [0.29, 0.717) is 22.6 Å². The first-order chi connectivity index (χ1) is 13.4. The van der Waals surface area contributed by atoms with Gasteiger partial charge in [-0.3, -0.25) is 14.6 Å². The fourth-order valence-corrected chi connectivity index (χ4v) is 3.02. The van der Waals surface area contributed by atoms with E-state index in [1.165, 1.54) is 7.11 Å². The average molecular weight is 377 g/mol. The van der Waals surface area contributed by atoms with Crippen LogP contribution in [0.25, 0.3) is 10.9 Å². The Bertz CT molecular complexity index is 1060. The number of anilines is 2. The van der Waals surface area contributed by atoms with Gasteiger partial charge in [0.2, 0.25) is 5.91 Å². The summed E-state index contributed by atoms with van der Waals surface area (Å²) in [6, 6.07) is 13.2. The number of aryl methyl sites for hydroxylation is 3. The topological polar surface area (TPSA) is 80.3 Å². The van der Waals surface area contributed by atoms with E-state index < -0.39 is 0 Å². The summed E-state index contributed by atoms with van der Waals surface area (Å²) in [5.74, 6) is -0.445. The molecule has 0 radical (unpaired) electrons. The smallest absolute Gasteiger partial charge is 0.257 e. The summed E-state index contributed by atoms with van der Waals surface area (Å²) in [6.07, 6.45) is 0. The van der Waals surface area contributed by atoms with Crippen molar-refractivity contribution < 1.29 is 14.3 Å². The summed E-state index contributed by atoms with van der Waals surface area (Å²) in [5, 5.41) is 6.61. The number of aromatic nitrogens is 1. The Morgan fingerprint density at radius 2 is 1.79 bits per heavy atom. The second-order valence-electron chi connectivity index (χ2n) is 6.78. The van der Waals surface area contributed by atoms with E-state index in [1.54, 1.807) is 12.1 Å². The van der Waals surface area contributed by atoms with Crippen molar-refractivity contribution in [3.05, 3.63) is 64.8 Å². The van der Waals surface area contributed by atoms with Crippen LogP contribution < -0.4 is 10.6 Å². The lowest BCUT2D eigenvalue weighted by atomic mass is 10.1. The highest BCUT2D eigenvalue weighted by Crippen LogP contribution is 2.22. The van der Waals surface area contributed by atoms with Gasteiger partial charge >= 0.3 is 0 Å². The molecular formula is C22H23N3O3. The van der Waals surface area contributed by atoms with Crippen LogP contribution in [0.4, 0.5) is 11.4 Å². The maximum Gasteiger partial charge on any atom is 0.257 e. The number of amides is 2. The number of nitrogens with one attached hydrogen (secondary N) is 2. The van der Waals surface area contributed by atoms with E-state index in [4.69, 9.17) is 4.74 Å². The predicted octanol–water partition coefficient (Wildman–Crippen LogP) is 4.00. The molecule has 2 N–H and O–H groups in total. The minimum atomic E-state index is -0.226. The number of carbonyl (C=O) groups is 2. The summed E-state index contributed by atoms with van der Waals surface area (Å²) in [6.45, 7) is 5.69. The molecule has 0 aliphatic carbocycles. The maximum atomic E-state index is 12.8. The second kappa shape index (κ2) is 8.19. The van der Waals surface area contributed by atoms with Gasteiger partial charge in [-0.05, 0) is 62.7 Å². The van der Waals surface area contributed by atoms with Crippen molar-refractivity contribution in [3.8, 4) is 0 Å². The van der Waals surface area contributed by atoms with Gasteiger partial charge in [-0.2, -0.15) is 0 Å². The Kier molecular flexibility index (Phi) is 5.70. The quantitative estimate of drug-likeness (QED) is 0.704. The Morgan fingerprint density at radius 3 is 2.50 bits per heavy atom. The SMILES string of the molecule is COCC(=O)Nc1ccc(NC(=O)c2cc3cc(C)ccc3nc2C)cc1C. The van der Waals surface area contributed by atoms with Crippen LogP contribution in [0.15, 0.2) is 42.5 Å². The summed E-state index contributed by atoms with van der Waals surface area (Å²) in [4.78, 5) is 29.0. The third-order valence-corrected chi connectivity index (χ3v) is 4.44. The normalized spacial score (nSPS) is 10.7. The molecule has 0 fully saturated rings. The summed E-state index contributed by atoms with van der Waals surface area (Å²) in [5.41, 5.74) is 5.36. The van der Waals surface area contributed by atoms with E-state index in [0.717, 1.165) is 22.0 Å². The summed E-state index contributed by atoms with van der Waals surface area (Å²) < 4.78 is 4.82. The first-order valence-electron chi connectivity index (χ1n) is 8.96. The lowest BCUT2D eigenvalue weighted by Crippen LogP contribution is -2.18. The molecule has 6 heteroatoms. The number of benzene rings is 2. The Labute approximate surface area is 163 Å². The molecule has 3 aromatic rings. The van der Waals surface area contributed by atoms with Gasteiger partial charge in [0.1, 0.15) is 6.61 Å². The largest absolute Gasteiger partial charge is 0.375 e. The molecule has 0 spiro atoms. The molecule has 3 rings (SSSR count). The molecule has 144 valence electrons. The standard InChI is InChI=1S/C22H23N3O3/c1-13-5-7-20-16(9-13)11-18(15(3)23-20)22(27)24-17-6-8-19(14(2)10-17)25-21(26)12-28-4/h5-11H,12H2,1-4H3,(H,24,27)(H,25,26). The number of rotatable bonds is 5. The van der Waals surface area contributed by atoms with Crippen LogP contribution in [-0.2, 0) is 9.53 Å². The van der Waals surface area contributed by atoms with Crippen LogP contribution in [0.3, 0.4) is 0 Å². The van der Waals surface area contributed by atoms with E-state index in [-0.39, 0.29) is 18.4 Å². The van der Waals surface area contributed by atoms with Crippen molar-refractivity contribution in [2.75, 3.05) is 24.4 Å². The third-order valence-electron chi connectivity index (χ3n) is 4.44. The fraction of sp³-hybridized carbons (Fsp3) is 0.227. The molecule has 0 aliphatic rings. The van der Waals surface area contributed by atoms with Crippen LogP contribution in [-0.4, -0.2) is 30.5 Å². The van der Waals surface area contributed by atoms with E-state index in [1.807, 2.05) is 51.1 Å².